The summed E-state index contributed by atoms with van der Waals surface area (Å²) < 4.78 is 42.9. The van der Waals surface area contributed by atoms with Crippen LogP contribution in [0.4, 0.5) is 0 Å². The Balaban J connectivity index is 2.24. The number of carboxylic acids is 1. The molecule has 1 aliphatic heterocycles. The summed E-state index contributed by atoms with van der Waals surface area (Å²) in [6.07, 6.45) is 2.26. The molecule has 1 unspecified atom stereocenters. The van der Waals surface area contributed by atoms with E-state index in [0.29, 0.717) is 24.5 Å². The largest absolute Gasteiger partial charge is 0.493 e. The number of carbonyl (C=O) groups is 1. The Morgan fingerprint density at radius 2 is 1.96 bits per heavy atom. The molecular weight excluding hydrogens is 350 g/mol. The smallest absolute Gasteiger partial charge is 0.329 e. The van der Waals surface area contributed by atoms with Crippen LogP contribution >= 0.6 is 0 Å². The lowest BCUT2D eigenvalue weighted by Gasteiger charge is -2.34. The Morgan fingerprint density at radius 3 is 2.60 bits per heavy atom. The second-order valence-corrected chi connectivity index (χ2v) is 7.58. The number of ether oxygens (including phenoxy) is 3. The van der Waals surface area contributed by atoms with Crippen molar-refractivity contribution in [3.8, 4) is 11.5 Å². The van der Waals surface area contributed by atoms with Gasteiger partial charge in [0.15, 0.2) is 11.5 Å². The van der Waals surface area contributed by atoms with Crippen LogP contribution in [-0.2, 0) is 19.6 Å². The van der Waals surface area contributed by atoms with Gasteiger partial charge in [0.05, 0.1) is 25.7 Å². The van der Waals surface area contributed by atoms with Crippen LogP contribution in [0.5, 0.6) is 11.5 Å². The summed E-state index contributed by atoms with van der Waals surface area (Å²) in [6, 6.07) is 4.07. The van der Waals surface area contributed by atoms with Crippen molar-refractivity contribution in [1.82, 2.24) is 4.31 Å². The Hall–Kier alpha value is -1.84. The molecule has 8 nitrogen and oxygen atoms in total. The number of sulfonamides is 1. The van der Waals surface area contributed by atoms with Crippen molar-refractivity contribution in [3.05, 3.63) is 18.2 Å². The molecule has 0 amide bonds. The van der Waals surface area contributed by atoms with Crippen molar-refractivity contribution in [2.75, 3.05) is 34.0 Å². The molecule has 0 aliphatic carbocycles. The van der Waals surface area contributed by atoms with Crippen molar-refractivity contribution < 1.29 is 32.5 Å². The molecule has 0 aromatic heterocycles. The lowest BCUT2D eigenvalue weighted by molar-refractivity contribution is -0.142. The van der Waals surface area contributed by atoms with Crippen molar-refractivity contribution in [1.29, 1.82) is 0 Å². The van der Waals surface area contributed by atoms with E-state index in [1.807, 2.05) is 0 Å². The Kier molecular flexibility index (Phi) is 6.63. The van der Waals surface area contributed by atoms with Crippen LogP contribution in [0.1, 0.15) is 19.3 Å². The summed E-state index contributed by atoms with van der Waals surface area (Å²) in [5.74, 6) is -0.300. The van der Waals surface area contributed by atoms with E-state index in [1.165, 1.54) is 30.7 Å². The van der Waals surface area contributed by atoms with Crippen LogP contribution in [0.3, 0.4) is 0 Å². The Labute approximate surface area is 147 Å². The van der Waals surface area contributed by atoms with Gasteiger partial charge in [0.25, 0.3) is 0 Å². The average Bonchev–Trinajstić information content (AvgIpc) is 2.61. The normalized spacial score (nSPS) is 18.7. The second-order valence-electron chi connectivity index (χ2n) is 5.69. The molecule has 140 valence electrons. The monoisotopic (exact) mass is 373 g/mol. The number of benzene rings is 1. The van der Waals surface area contributed by atoms with Gasteiger partial charge in [0.1, 0.15) is 6.61 Å². The zero-order valence-electron chi connectivity index (χ0n) is 14.3. The third kappa shape index (κ3) is 4.62. The fourth-order valence-electron chi connectivity index (χ4n) is 2.85. The molecule has 0 bridgehead atoms. The van der Waals surface area contributed by atoms with Gasteiger partial charge in [0.2, 0.25) is 10.0 Å². The number of methoxy groups -OCH3 is 2. The van der Waals surface area contributed by atoms with Crippen LogP contribution in [0.15, 0.2) is 23.1 Å². The number of hydrogen-bond acceptors (Lipinski definition) is 6. The minimum Gasteiger partial charge on any atom is -0.493 e. The van der Waals surface area contributed by atoms with Crippen molar-refractivity contribution in [3.63, 3.8) is 0 Å². The van der Waals surface area contributed by atoms with E-state index >= 15 is 0 Å². The molecule has 1 N–H and O–H groups in total. The first kappa shape index (κ1) is 19.5. The topological polar surface area (TPSA) is 102 Å². The number of piperidine rings is 1. The zero-order valence-corrected chi connectivity index (χ0v) is 15.1. The molecule has 9 heteroatoms. The number of aliphatic carboxylic acids is 1. The summed E-state index contributed by atoms with van der Waals surface area (Å²) in [5, 5.41) is 8.67. The number of nitrogens with zero attached hydrogens (tertiary/aromatic N) is 1. The van der Waals surface area contributed by atoms with Gasteiger partial charge in [-0.1, -0.05) is 6.42 Å². The molecule has 2 rings (SSSR count). The van der Waals surface area contributed by atoms with Gasteiger partial charge in [-0.2, -0.15) is 4.31 Å². The predicted molar refractivity (Wildman–Crippen MR) is 89.5 cm³/mol. The van der Waals surface area contributed by atoms with Crippen LogP contribution in [0.2, 0.25) is 0 Å². The number of rotatable bonds is 8. The molecule has 1 heterocycles. The molecule has 1 aromatic carbocycles. The second kappa shape index (κ2) is 8.50. The van der Waals surface area contributed by atoms with Crippen LogP contribution in [0.25, 0.3) is 0 Å². The summed E-state index contributed by atoms with van der Waals surface area (Å²) >= 11 is 0. The quantitative estimate of drug-likeness (QED) is 0.734. The maximum atomic E-state index is 13.0. The predicted octanol–water partition coefficient (Wildman–Crippen LogP) is 1.35. The zero-order chi connectivity index (χ0) is 18.4. The van der Waals surface area contributed by atoms with Gasteiger partial charge in [-0.05, 0) is 25.0 Å². The molecule has 1 atom stereocenters. The molecule has 0 spiro atoms. The van der Waals surface area contributed by atoms with Crippen LogP contribution in [0, 0.1) is 0 Å². The molecule has 1 saturated heterocycles. The first-order valence-corrected chi connectivity index (χ1v) is 9.37. The Morgan fingerprint density at radius 1 is 1.24 bits per heavy atom. The highest BCUT2D eigenvalue weighted by molar-refractivity contribution is 7.89. The average molecular weight is 373 g/mol. The van der Waals surface area contributed by atoms with E-state index in [4.69, 9.17) is 19.3 Å². The van der Waals surface area contributed by atoms with E-state index < -0.39 is 22.6 Å². The number of carboxylic acid groups (broad SMARTS) is 1. The molecule has 0 saturated carbocycles. The molecule has 25 heavy (non-hydrogen) atoms. The van der Waals surface area contributed by atoms with E-state index in [0.717, 1.165) is 12.8 Å². The van der Waals surface area contributed by atoms with E-state index in [2.05, 4.69) is 0 Å². The number of hydrogen-bond donors (Lipinski definition) is 1. The van der Waals surface area contributed by atoms with Crippen LogP contribution < -0.4 is 9.47 Å². The van der Waals surface area contributed by atoms with Gasteiger partial charge in [-0.3, -0.25) is 0 Å². The fraction of sp³-hybridized carbons (Fsp3) is 0.562. The maximum Gasteiger partial charge on any atom is 0.329 e. The van der Waals surface area contributed by atoms with Gasteiger partial charge < -0.3 is 19.3 Å². The van der Waals surface area contributed by atoms with Gasteiger partial charge in [-0.25, -0.2) is 13.2 Å². The lowest BCUT2D eigenvalue weighted by Crippen LogP contribution is -2.46. The van der Waals surface area contributed by atoms with Gasteiger partial charge >= 0.3 is 5.97 Å². The summed E-state index contributed by atoms with van der Waals surface area (Å²) in [6.45, 7) is -0.0165. The maximum absolute atomic E-state index is 13.0. The Bertz CT molecular complexity index is 704. The highest BCUT2D eigenvalue weighted by Gasteiger charge is 2.34. The van der Waals surface area contributed by atoms with Crippen LogP contribution in [-0.4, -0.2) is 63.8 Å². The molecule has 1 aromatic rings. The van der Waals surface area contributed by atoms with E-state index in [9.17, 15) is 13.2 Å². The first-order chi connectivity index (χ1) is 11.9. The first-order valence-electron chi connectivity index (χ1n) is 7.93. The van der Waals surface area contributed by atoms with Crippen molar-refractivity contribution in [2.45, 2.75) is 30.2 Å². The summed E-state index contributed by atoms with van der Waals surface area (Å²) in [5.41, 5.74) is 0. The minimum atomic E-state index is -3.75. The molecule has 1 aliphatic rings. The molecular formula is C16H23NO7S. The van der Waals surface area contributed by atoms with Crippen molar-refractivity contribution >= 4 is 16.0 Å². The van der Waals surface area contributed by atoms with E-state index in [1.54, 1.807) is 6.07 Å². The minimum absolute atomic E-state index is 0.0544. The van der Waals surface area contributed by atoms with Gasteiger partial charge in [-0.15, -0.1) is 0 Å². The highest BCUT2D eigenvalue weighted by atomic mass is 32.2. The lowest BCUT2D eigenvalue weighted by atomic mass is 10.1. The summed E-state index contributed by atoms with van der Waals surface area (Å²) in [7, 11) is -0.828. The molecule has 1 fully saturated rings. The molecule has 0 radical (unpaired) electrons. The third-order valence-corrected chi connectivity index (χ3v) is 6.02. The standard InChI is InChI=1S/C16H23NO7S/c1-22-14-7-6-13(9-15(14)23-2)25(20,21)17-8-4-3-5-12(17)10-24-11-16(18)19/h6-7,9,12H,3-5,8,10-11H2,1-2H3,(H,18,19). The fourth-order valence-corrected chi connectivity index (χ4v) is 4.55. The van der Waals surface area contributed by atoms with E-state index in [-0.39, 0.29) is 17.5 Å². The SMILES string of the molecule is COc1ccc(S(=O)(=O)N2CCCCC2COCC(=O)O)cc1OC. The third-order valence-electron chi connectivity index (χ3n) is 4.07. The van der Waals surface area contributed by atoms with Gasteiger partial charge in [0, 0.05) is 18.7 Å². The van der Waals surface area contributed by atoms with Crippen molar-refractivity contribution in [2.24, 2.45) is 0 Å². The summed E-state index contributed by atoms with van der Waals surface area (Å²) in [4.78, 5) is 10.7. The highest BCUT2D eigenvalue weighted by Crippen LogP contribution is 2.32.